The molecular formula is C26H54O2Si. The van der Waals surface area contributed by atoms with Crippen LogP contribution in [-0.2, 0) is 9.22 Å². The Morgan fingerprint density at radius 3 is 1.31 bits per heavy atom. The van der Waals surface area contributed by atoms with Crippen LogP contribution in [0.5, 0.6) is 0 Å². The lowest BCUT2D eigenvalue weighted by Gasteiger charge is -2.32. The Labute approximate surface area is 186 Å². The number of unbranched alkanes of at least 4 members (excludes halogenated alkanes) is 15. The summed E-state index contributed by atoms with van der Waals surface area (Å²) in [5.41, 5.74) is -0.314. The molecule has 1 unspecified atom stereocenters. The molecule has 3 heteroatoms. The highest BCUT2D eigenvalue weighted by Gasteiger charge is 2.36. The molecule has 0 aromatic carbocycles. The van der Waals surface area contributed by atoms with Gasteiger partial charge in [-0.15, -0.1) is 0 Å². The smallest absolute Gasteiger partial charge is 0.297 e. The molecule has 0 aliphatic heterocycles. The van der Waals surface area contributed by atoms with Crippen LogP contribution in [0, 0.1) is 11.3 Å². The van der Waals surface area contributed by atoms with Gasteiger partial charge in [0, 0.05) is 0 Å². The van der Waals surface area contributed by atoms with Crippen molar-refractivity contribution in [3.8, 4) is 0 Å². The number of rotatable bonds is 21. The predicted molar refractivity (Wildman–Crippen MR) is 132 cm³/mol. The number of carbonyl (C=O) groups excluding carboxylic acids is 1. The van der Waals surface area contributed by atoms with Crippen LogP contribution in [0.2, 0.25) is 0 Å². The molecule has 0 aromatic rings. The van der Waals surface area contributed by atoms with Gasteiger partial charge < -0.3 is 4.43 Å². The molecule has 0 heterocycles. The van der Waals surface area contributed by atoms with Gasteiger partial charge in [0.2, 0.25) is 10.5 Å². The summed E-state index contributed by atoms with van der Waals surface area (Å²) in [6, 6.07) is 0. The fourth-order valence-corrected chi connectivity index (χ4v) is 5.05. The average Bonchev–Trinajstić information content (AvgIpc) is 2.71. The summed E-state index contributed by atoms with van der Waals surface area (Å²) >= 11 is 0. The third-order valence-corrected chi connectivity index (χ3v) is 7.17. The second-order valence-corrected chi connectivity index (χ2v) is 10.2. The van der Waals surface area contributed by atoms with Crippen molar-refractivity contribution in [1.29, 1.82) is 0 Å². The van der Waals surface area contributed by atoms with Gasteiger partial charge in [-0.3, -0.25) is 4.79 Å². The van der Waals surface area contributed by atoms with Crippen molar-refractivity contribution in [2.24, 2.45) is 11.3 Å². The van der Waals surface area contributed by atoms with E-state index in [4.69, 9.17) is 4.43 Å². The number of hydrogen-bond donors (Lipinski definition) is 0. The molecule has 0 aliphatic rings. The fourth-order valence-electron chi connectivity index (χ4n) is 4.52. The van der Waals surface area contributed by atoms with E-state index in [9.17, 15) is 4.79 Å². The van der Waals surface area contributed by atoms with Gasteiger partial charge in [0.05, 0.1) is 5.41 Å². The van der Waals surface area contributed by atoms with Gasteiger partial charge in [-0.25, -0.2) is 0 Å². The number of hydrogen-bond acceptors (Lipinski definition) is 2. The Bertz CT molecular complexity index is 368. The van der Waals surface area contributed by atoms with E-state index >= 15 is 0 Å². The summed E-state index contributed by atoms with van der Waals surface area (Å²) in [5.74, 6) is 0.507. The van der Waals surface area contributed by atoms with Crippen molar-refractivity contribution in [1.82, 2.24) is 0 Å². The van der Waals surface area contributed by atoms with Gasteiger partial charge in [0.1, 0.15) is 0 Å². The van der Waals surface area contributed by atoms with Gasteiger partial charge in [-0.2, -0.15) is 0 Å². The van der Waals surface area contributed by atoms with E-state index in [-0.39, 0.29) is 11.4 Å². The molecule has 29 heavy (non-hydrogen) atoms. The molecule has 0 fully saturated rings. The van der Waals surface area contributed by atoms with Crippen LogP contribution in [-0.4, -0.2) is 16.5 Å². The second-order valence-electron chi connectivity index (χ2n) is 9.79. The third kappa shape index (κ3) is 15.2. The van der Waals surface area contributed by atoms with Crippen LogP contribution in [0.25, 0.3) is 0 Å². The van der Waals surface area contributed by atoms with Crippen molar-refractivity contribution in [2.45, 2.75) is 150 Å². The lowest BCUT2D eigenvalue weighted by Crippen LogP contribution is -2.34. The molecule has 0 aromatic heterocycles. The second kappa shape index (κ2) is 19.6. The van der Waals surface area contributed by atoms with E-state index in [2.05, 4.69) is 27.7 Å². The molecule has 0 rings (SSSR count). The molecule has 0 bridgehead atoms. The maximum Gasteiger partial charge on any atom is 0.297 e. The highest BCUT2D eigenvalue weighted by atomic mass is 28.2. The Hall–Kier alpha value is -0.313. The fraction of sp³-hybridized carbons (Fsp3) is 0.962. The Kier molecular flexibility index (Phi) is 19.4. The largest absolute Gasteiger partial charge is 0.528 e. The molecule has 174 valence electrons. The lowest BCUT2D eigenvalue weighted by atomic mass is 9.73. The van der Waals surface area contributed by atoms with Crippen molar-refractivity contribution < 1.29 is 9.22 Å². The minimum atomic E-state index is -0.314. The van der Waals surface area contributed by atoms with Gasteiger partial charge in [-0.1, -0.05) is 123 Å². The first-order valence-corrected chi connectivity index (χ1v) is 13.9. The zero-order valence-electron chi connectivity index (χ0n) is 20.8. The summed E-state index contributed by atoms with van der Waals surface area (Å²) in [6.07, 6.45) is 25.7. The summed E-state index contributed by atoms with van der Waals surface area (Å²) in [7, 11) is 0.513. The predicted octanol–water partition coefficient (Wildman–Crippen LogP) is 7.90. The summed E-state index contributed by atoms with van der Waals surface area (Å²) < 4.78 is 5.24. The van der Waals surface area contributed by atoms with Crippen molar-refractivity contribution in [3.05, 3.63) is 0 Å². The minimum Gasteiger partial charge on any atom is -0.528 e. The molecule has 0 radical (unpaired) electrons. The van der Waals surface area contributed by atoms with Crippen LogP contribution >= 0.6 is 0 Å². The van der Waals surface area contributed by atoms with Gasteiger partial charge >= 0.3 is 0 Å². The molecule has 0 N–H and O–H groups in total. The van der Waals surface area contributed by atoms with Crippen LogP contribution in [0.1, 0.15) is 150 Å². The first kappa shape index (κ1) is 28.7. The highest BCUT2D eigenvalue weighted by Crippen LogP contribution is 2.36. The van der Waals surface area contributed by atoms with E-state index in [1.807, 2.05) is 0 Å². The standard InChI is InChI=1S/C26H54O2Si/c1-5-7-9-11-12-13-14-15-16-17-18-19-21-23-24(22-20-10-8-6-2)26(3,4)25(27)28-29/h24H,5-23H2,1-4,29H3. The van der Waals surface area contributed by atoms with Crippen LogP contribution < -0.4 is 0 Å². The molecule has 0 saturated carbocycles. The molecule has 0 amide bonds. The van der Waals surface area contributed by atoms with Crippen molar-refractivity contribution in [2.75, 3.05) is 0 Å². The topological polar surface area (TPSA) is 26.3 Å². The minimum absolute atomic E-state index is 0.0272. The van der Waals surface area contributed by atoms with Gasteiger partial charge in [0.25, 0.3) is 5.97 Å². The SMILES string of the molecule is CCCCCCCCCCCCCCCC(CCCCCC)C(C)(C)C(=O)O[SiH3]. The lowest BCUT2D eigenvalue weighted by molar-refractivity contribution is -0.147. The quantitative estimate of drug-likeness (QED) is 0.138. The Balaban J connectivity index is 3.88. The average molecular weight is 427 g/mol. The first-order valence-electron chi connectivity index (χ1n) is 13.1. The van der Waals surface area contributed by atoms with Crippen LogP contribution in [0.3, 0.4) is 0 Å². The molecule has 2 nitrogen and oxygen atoms in total. The molecule has 0 spiro atoms. The Morgan fingerprint density at radius 1 is 0.655 bits per heavy atom. The normalized spacial score (nSPS) is 13.0. The molecular weight excluding hydrogens is 372 g/mol. The zero-order chi connectivity index (χ0) is 21.8. The van der Waals surface area contributed by atoms with E-state index < -0.39 is 0 Å². The van der Waals surface area contributed by atoms with Crippen LogP contribution in [0.4, 0.5) is 0 Å². The maximum absolute atomic E-state index is 12.3. The van der Waals surface area contributed by atoms with Gasteiger partial charge in [-0.05, 0) is 32.6 Å². The van der Waals surface area contributed by atoms with Gasteiger partial charge in [0.15, 0.2) is 0 Å². The molecule has 1 atom stereocenters. The monoisotopic (exact) mass is 426 g/mol. The third-order valence-electron chi connectivity index (χ3n) is 6.79. The van der Waals surface area contributed by atoms with E-state index in [1.54, 1.807) is 0 Å². The summed E-state index contributed by atoms with van der Waals surface area (Å²) in [6.45, 7) is 8.77. The maximum atomic E-state index is 12.3. The van der Waals surface area contributed by atoms with Crippen molar-refractivity contribution in [3.63, 3.8) is 0 Å². The molecule has 0 saturated heterocycles. The highest BCUT2D eigenvalue weighted by molar-refractivity contribution is 6.06. The van der Waals surface area contributed by atoms with E-state index in [0.29, 0.717) is 16.4 Å². The number of carbonyl (C=O) groups is 1. The molecule has 0 aliphatic carbocycles. The summed E-state index contributed by atoms with van der Waals surface area (Å²) in [5, 5.41) is 0. The summed E-state index contributed by atoms with van der Waals surface area (Å²) in [4.78, 5) is 12.3. The Morgan fingerprint density at radius 2 is 0.966 bits per heavy atom. The van der Waals surface area contributed by atoms with E-state index in [0.717, 1.165) is 0 Å². The first-order chi connectivity index (χ1) is 14.0. The zero-order valence-corrected chi connectivity index (χ0v) is 22.8. The van der Waals surface area contributed by atoms with E-state index in [1.165, 1.54) is 122 Å². The van der Waals surface area contributed by atoms with Crippen LogP contribution in [0.15, 0.2) is 0 Å². The van der Waals surface area contributed by atoms with Crippen molar-refractivity contribution >= 4 is 16.5 Å².